The van der Waals surface area contributed by atoms with Crippen molar-refractivity contribution in [1.82, 2.24) is 30.0 Å². The van der Waals surface area contributed by atoms with Crippen molar-refractivity contribution in [3.63, 3.8) is 0 Å². The van der Waals surface area contributed by atoms with Crippen LogP contribution in [-0.2, 0) is 5.41 Å². The fourth-order valence-electron chi connectivity index (χ4n) is 5.61. The highest BCUT2D eigenvalue weighted by Crippen LogP contribution is 2.39. The first kappa shape index (κ1) is 25.4. The lowest BCUT2D eigenvalue weighted by molar-refractivity contribution is 0.171. The molecule has 0 radical (unpaired) electrons. The van der Waals surface area contributed by atoms with Crippen molar-refractivity contribution in [2.75, 3.05) is 18.9 Å². The lowest BCUT2D eigenvalue weighted by atomic mass is 9.85. The van der Waals surface area contributed by atoms with Crippen LogP contribution in [0.2, 0.25) is 0 Å². The third-order valence-electron chi connectivity index (χ3n) is 7.73. The number of aromatic nitrogens is 4. The third kappa shape index (κ3) is 5.08. The maximum atomic E-state index is 12.8. The largest absolute Gasteiger partial charge is 0.484 e. The fourth-order valence-corrected chi connectivity index (χ4v) is 5.61. The minimum absolute atomic E-state index is 0.126. The molecule has 4 aromatic rings. The van der Waals surface area contributed by atoms with Crippen LogP contribution < -0.4 is 15.4 Å². The van der Waals surface area contributed by atoms with Crippen molar-refractivity contribution < 1.29 is 14.1 Å². The molecule has 10 heteroatoms. The van der Waals surface area contributed by atoms with E-state index in [9.17, 15) is 4.79 Å². The molecule has 1 aliphatic heterocycles. The van der Waals surface area contributed by atoms with Gasteiger partial charge in [0.05, 0.1) is 18.3 Å². The molecule has 3 atom stereocenters. The van der Waals surface area contributed by atoms with E-state index >= 15 is 0 Å². The number of hydrogen-bond donors (Lipinski definition) is 2. The van der Waals surface area contributed by atoms with Crippen LogP contribution in [0.1, 0.15) is 87.4 Å². The average Bonchev–Trinajstić information content (AvgIpc) is 3.65. The Morgan fingerprint density at radius 2 is 1.90 bits per heavy atom. The molecule has 3 aromatic heterocycles. The van der Waals surface area contributed by atoms with Crippen LogP contribution >= 0.6 is 0 Å². The molecular formula is C29H35N7O3. The van der Waals surface area contributed by atoms with Gasteiger partial charge in [-0.2, -0.15) is 0 Å². The van der Waals surface area contributed by atoms with Crippen molar-refractivity contribution in [1.29, 1.82) is 0 Å². The predicted octanol–water partition coefficient (Wildman–Crippen LogP) is 5.56. The summed E-state index contributed by atoms with van der Waals surface area (Å²) in [5.74, 6) is 2.84. The Bertz CT molecular complexity index is 1490. The number of hydrogen-bond acceptors (Lipinski definition) is 7. The first-order valence-electron chi connectivity index (χ1n) is 13.6. The summed E-state index contributed by atoms with van der Waals surface area (Å²) in [4.78, 5) is 15.2. The van der Waals surface area contributed by atoms with E-state index in [0.29, 0.717) is 11.6 Å². The number of nitrogens with one attached hydrogen (secondary N) is 2. The van der Waals surface area contributed by atoms with Gasteiger partial charge in [-0.3, -0.25) is 14.6 Å². The van der Waals surface area contributed by atoms with Crippen molar-refractivity contribution in [2.45, 2.75) is 70.1 Å². The van der Waals surface area contributed by atoms with Crippen LogP contribution in [0.15, 0.2) is 53.2 Å². The summed E-state index contributed by atoms with van der Waals surface area (Å²) in [6.07, 6.45) is 5.62. The molecule has 2 N–H and O–H groups in total. The standard InChI is InChI=1S/C29H35N7O3/c1-29(2,3)24-16-25(34-39-24)31-28(37)30-21-12-13-23(20-9-6-5-8-19(20)21)38-18-11-14-26-32-33-27(36(26)17-18)22-10-7-15-35(22)4/h5-6,8-9,11,14,16-17,21-23H,7,10,12-13,15H2,1-4H3,(H2,30,31,34,37)/t21-,22-,23+/m0/s1. The number of benzene rings is 1. The Balaban J connectivity index is 1.17. The molecule has 0 unspecified atom stereocenters. The van der Waals surface area contributed by atoms with Gasteiger partial charge in [-0.05, 0) is 62.5 Å². The van der Waals surface area contributed by atoms with Crippen molar-refractivity contribution >= 4 is 17.5 Å². The predicted molar refractivity (Wildman–Crippen MR) is 147 cm³/mol. The number of fused-ring (bicyclic) bond motifs is 2. The molecule has 0 bridgehead atoms. The molecule has 0 saturated carbocycles. The summed E-state index contributed by atoms with van der Waals surface area (Å²) in [6, 6.07) is 13.6. The molecule has 39 heavy (non-hydrogen) atoms. The van der Waals surface area contributed by atoms with Gasteiger partial charge in [-0.1, -0.05) is 50.2 Å². The van der Waals surface area contributed by atoms with Gasteiger partial charge in [0.2, 0.25) is 0 Å². The monoisotopic (exact) mass is 529 g/mol. The second-order valence-corrected chi connectivity index (χ2v) is 11.6. The van der Waals surface area contributed by atoms with Crippen LogP contribution in [-0.4, -0.2) is 44.3 Å². The highest BCUT2D eigenvalue weighted by molar-refractivity contribution is 5.88. The number of rotatable bonds is 5. The van der Waals surface area contributed by atoms with Gasteiger partial charge in [0, 0.05) is 11.5 Å². The minimum Gasteiger partial charge on any atom is -0.484 e. The highest BCUT2D eigenvalue weighted by atomic mass is 16.5. The molecule has 4 heterocycles. The SMILES string of the molecule is CN1CCC[C@H]1c1nnc2ccc(O[C@@H]3CC[C@H](NC(=O)Nc4cc(C(C)(C)C)on4)c4ccccc43)cn12. The van der Waals surface area contributed by atoms with E-state index in [1.165, 1.54) is 0 Å². The second kappa shape index (κ2) is 10.00. The van der Waals surface area contributed by atoms with Gasteiger partial charge in [-0.25, -0.2) is 4.79 Å². The normalized spacial score (nSPS) is 21.6. The summed E-state index contributed by atoms with van der Waals surface area (Å²) < 4.78 is 14.0. The number of anilines is 1. The highest BCUT2D eigenvalue weighted by Gasteiger charge is 2.31. The van der Waals surface area contributed by atoms with Crippen molar-refractivity contribution in [2.24, 2.45) is 0 Å². The summed E-state index contributed by atoms with van der Waals surface area (Å²) in [6.45, 7) is 7.17. The van der Waals surface area contributed by atoms with Crippen LogP contribution in [0.4, 0.5) is 10.6 Å². The maximum Gasteiger partial charge on any atom is 0.320 e. The van der Waals surface area contributed by atoms with Gasteiger partial charge in [0.1, 0.15) is 17.6 Å². The molecule has 1 aliphatic carbocycles. The van der Waals surface area contributed by atoms with E-state index < -0.39 is 0 Å². The Labute approximate surface area is 227 Å². The van der Waals surface area contributed by atoms with E-state index in [0.717, 1.165) is 60.6 Å². The molecule has 1 saturated heterocycles. The number of nitrogens with zero attached hydrogens (tertiary/aromatic N) is 5. The Kier molecular flexibility index (Phi) is 6.50. The number of carbonyl (C=O) groups is 1. The van der Waals surface area contributed by atoms with Crippen LogP contribution in [0, 0.1) is 0 Å². The zero-order valence-corrected chi connectivity index (χ0v) is 22.8. The second-order valence-electron chi connectivity index (χ2n) is 11.6. The first-order valence-corrected chi connectivity index (χ1v) is 13.6. The number of urea groups is 1. The molecule has 6 rings (SSSR count). The molecule has 204 valence electrons. The molecule has 2 aliphatic rings. The van der Waals surface area contributed by atoms with Crippen LogP contribution in [0.3, 0.4) is 0 Å². The van der Waals surface area contributed by atoms with Gasteiger partial charge < -0.3 is 14.6 Å². The number of amides is 2. The topological polar surface area (TPSA) is 110 Å². The molecule has 1 fully saturated rings. The number of carbonyl (C=O) groups excluding carboxylic acids is 1. The number of pyridine rings is 1. The molecule has 1 aromatic carbocycles. The Morgan fingerprint density at radius 1 is 1.08 bits per heavy atom. The van der Waals surface area contributed by atoms with E-state index in [2.05, 4.69) is 54.5 Å². The molecule has 0 spiro atoms. The van der Waals surface area contributed by atoms with Gasteiger partial charge in [0.25, 0.3) is 0 Å². The maximum absolute atomic E-state index is 12.8. The molecular weight excluding hydrogens is 494 g/mol. The van der Waals surface area contributed by atoms with Gasteiger partial charge >= 0.3 is 6.03 Å². The zero-order valence-electron chi connectivity index (χ0n) is 22.8. The first-order chi connectivity index (χ1) is 18.8. The van der Waals surface area contributed by atoms with Gasteiger partial charge in [0.15, 0.2) is 17.3 Å². The van der Waals surface area contributed by atoms with Crippen molar-refractivity contribution in [3.8, 4) is 5.75 Å². The lowest BCUT2D eigenvalue weighted by Gasteiger charge is -2.32. The summed E-state index contributed by atoms with van der Waals surface area (Å²) in [5, 5.41) is 18.8. The Morgan fingerprint density at radius 3 is 2.64 bits per heavy atom. The van der Waals surface area contributed by atoms with E-state index in [4.69, 9.17) is 9.26 Å². The smallest absolute Gasteiger partial charge is 0.320 e. The fraction of sp³-hybridized carbons (Fsp3) is 0.448. The lowest BCUT2D eigenvalue weighted by Crippen LogP contribution is -2.35. The van der Waals surface area contributed by atoms with Crippen LogP contribution in [0.25, 0.3) is 5.65 Å². The Hall–Kier alpha value is -3.92. The summed E-state index contributed by atoms with van der Waals surface area (Å²) >= 11 is 0. The van der Waals surface area contributed by atoms with E-state index in [-0.39, 0.29) is 29.6 Å². The molecule has 2 amide bonds. The summed E-state index contributed by atoms with van der Waals surface area (Å²) in [7, 11) is 2.14. The van der Waals surface area contributed by atoms with Crippen LogP contribution in [0.5, 0.6) is 5.75 Å². The zero-order chi connectivity index (χ0) is 27.1. The van der Waals surface area contributed by atoms with E-state index in [1.807, 2.05) is 51.2 Å². The molecule has 10 nitrogen and oxygen atoms in total. The number of ether oxygens (including phenoxy) is 1. The van der Waals surface area contributed by atoms with Crippen molar-refractivity contribution in [3.05, 3.63) is 71.4 Å². The average molecular weight is 530 g/mol. The van der Waals surface area contributed by atoms with E-state index in [1.54, 1.807) is 6.07 Å². The minimum atomic E-state index is -0.314. The quantitative estimate of drug-likeness (QED) is 0.348. The summed E-state index contributed by atoms with van der Waals surface area (Å²) in [5.41, 5.74) is 2.76. The number of likely N-dealkylation sites (tertiary alicyclic amines) is 1. The third-order valence-corrected chi connectivity index (χ3v) is 7.73. The van der Waals surface area contributed by atoms with Gasteiger partial charge in [-0.15, -0.1) is 10.2 Å².